The number of hydrogen-bond donors (Lipinski definition) is 2. The predicted octanol–water partition coefficient (Wildman–Crippen LogP) is 4.09. The van der Waals surface area contributed by atoms with Crippen LogP contribution in [0.25, 0.3) is 6.08 Å². The van der Waals surface area contributed by atoms with Gasteiger partial charge in [-0.15, -0.1) is 0 Å². The van der Waals surface area contributed by atoms with E-state index < -0.39 is 37.0 Å². The number of hydrogen-bond acceptors (Lipinski definition) is 6. The summed E-state index contributed by atoms with van der Waals surface area (Å²) in [5.74, 6) is -0.600. The van der Waals surface area contributed by atoms with Gasteiger partial charge in [0.15, 0.2) is 6.61 Å². The molecule has 2 N–H and O–H groups in total. The number of benzene rings is 2. The third-order valence-electron chi connectivity index (χ3n) is 5.80. The van der Waals surface area contributed by atoms with Gasteiger partial charge in [-0.2, -0.15) is 0 Å². The molecule has 1 aliphatic rings. The van der Waals surface area contributed by atoms with Crippen LogP contribution in [-0.4, -0.2) is 48.6 Å². The molecule has 1 aliphatic heterocycles. The lowest BCUT2D eigenvalue weighted by Crippen LogP contribution is -2.41. The number of alkyl carbamates (subject to hydrolysis) is 1. The molecule has 0 spiro atoms. The van der Waals surface area contributed by atoms with Gasteiger partial charge in [0.2, 0.25) is 0 Å². The number of ether oxygens (including phenoxy) is 2. The van der Waals surface area contributed by atoms with E-state index in [1.54, 1.807) is 24.3 Å². The lowest BCUT2D eigenvalue weighted by Gasteiger charge is -2.32. The minimum absolute atomic E-state index is 0.154. The number of aliphatic carboxylic acids is 1. The van der Waals surface area contributed by atoms with Crippen LogP contribution in [-0.2, 0) is 25.4 Å². The minimum atomic E-state index is -1.04. The molecular weight excluding hydrogens is 437 g/mol. The van der Waals surface area contributed by atoms with E-state index in [2.05, 4.69) is 5.32 Å². The van der Waals surface area contributed by atoms with Gasteiger partial charge in [-0.05, 0) is 56.4 Å². The van der Waals surface area contributed by atoms with Crippen molar-refractivity contribution in [2.75, 3.05) is 13.2 Å². The van der Waals surface area contributed by atoms with Gasteiger partial charge < -0.3 is 29.2 Å². The van der Waals surface area contributed by atoms with Gasteiger partial charge in [-0.1, -0.05) is 48.5 Å². The van der Waals surface area contributed by atoms with Crippen LogP contribution in [0.3, 0.4) is 0 Å². The maximum Gasteiger partial charge on any atom is 0.492 e. The summed E-state index contributed by atoms with van der Waals surface area (Å²) in [4.78, 5) is 23.0. The van der Waals surface area contributed by atoms with E-state index in [1.807, 2.05) is 64.1 Å². The number of carboxylic acid groups (broad SMARTS) is 1. The Labute approximate surface area is 200 Å². The Morgan fingerprint density at radius 1 is 1.00 bits per heavy atom. The lowest BCUT2D eigenvalue weighted by molar-refractivity contribution is -0.139. The Bertz CT molecular complexity index is 1000. The zero-order valence-corrected chi connectivity index (χ0v) is 19.9. The van der Waals surface area contributed by atoms with E-state index in [4.69, 9.17) is 23.9 Å². The summed E-state index contributed by atoms with van der Waals surface area (Å²) < 4.78 is 22.8. The van der Waals surface area contributed by atoms with Crippen molar-refractivity contribution in [3.8, 4) is 5.75 Å². The monoisotopic (exact) mass is 467 g/mol. The van der Waals surface area contributed by atoms with Crippen molar-refractivity contribution >= 4 is 25.3 Å². The van der Waals surface area contributed by atoms with Gasteiger partial charge in [-0.25, -0.2) is 9.59 Å². The second kappa shape index (κ2) is 10.8. The fraction of sp³-hybridized carbons (Fsp3) is 0.360. The summed E-state index contributed by atoms with van der Waals surface area (Å²) in [5.41, 5.74) is 1.32. The fourth-order valence-electron chi connectivity index (χ4n) is 3.16. The predicted molar refractivity (Wildman–Crippen MR) is 128 cm³/mol. The molecule has 1 saturated heterocycles. The van der Waals surface area contributed by atoms with Crippen LogP contribution in [0.4, 0.5) is 4.79 Å². The number of amides is 1. The van der Waals surface area contributed by atoms with Gasteiger partial charge in [0, 0.05) is 6.54 Å². The number of carbonyl (C=O) groups excluding carboxylic acids is 1. The summed E-state index contributed by atoms with van der Waals surface area (Å²) in [5, 5.41) is 11.5. The molecule has 34 heavy (non-hydrogen) atoms. The summed E-state index contributed by atoms with van der Waals surface area (Å²) in [6, 6.07) is 16.4. The molecule has 0 saturated carbocycles. The van der Waals surface area contributed by atoms with Crippen molar-refractivity contribution in [3.05, 3.63) is 71.2 Å². The third-order valence-corrected chi connectivity index (χ3v) is 5.80. The largest absolute Gasteiger partial charge is 0.492 e. The molecule has 0 radical (unpaired) electrons. The third kappa shape index (κ3) is 6.85. The number of carbonyl (C=O) groups is 2. The van der Waals surface area contributed by atoms with E-state index in [0.717, 1.165) is 11.1 Å². The highest BCUT2D eigenvalue weighted by Crippen LogP contribution is 2.38. The van der Waals surface area contributed by atoms with Crippen molar-refractivity contribution in [1.29, 1.82) is 0 Å². The van der Waals surface area contributed by atoms with Crippen molar-refractivity contribution in [3.63, 3.8) is 0 Å². The maximum absolute atomic E-state index is 12.3. The topological polar surface area (TPSA) is 103 Å². The lowest BCUT2D eigenvalue weighted by atomic mass is 9.77. The minimum Gasteiger partial charge on any atom is -0.482 e. The van der Waals surface area contributed by atoms with Crippen molar-refractivity contribution in [2.24, 2.45) is 0 Å². The van der Waals surface area contributed by atoms with Gasteiger partial charge in [-0.3, -0.25) is 0 Å². The Kier molecular flexibility index (Phi) is 8.01. The van der Waals surface area contributed by atoms with Gasteiger partial charge in [0.1, 0.15) is 12.4 Å². The molecule has 9 heteroatoms. The highest BCUT2D eigenvalue weighted by atomic mass is 16.7. The molecule has 3 rings (SSSR count). The van der Waals surface area contributed by atoms with Crippen molar-refractivity contribution < 1.29 is 33.5 Å². The SMILES string of the molecule is CC1(C)OB(C(=Cc2ccc(OCC(=O)O)cc2)CNC(=O)OCc2ccccc2)OC1(C)C. The Balaban J connectivity index is 1.71. The van der Waals surface area contributed by atoms with E-state index in [1.165, 1.54) is 0 Å². The van der Waals surface area contributed by atoms with Crippen LogP contribution in [0.15, 0.2) is 60.1 Å². The van der Waals surface area contributed by atoms with E-state index >= 15 is 0 Å². The molecule has 2 aromatic carbocycles. The quantitative estimate of drug-likeness (QED) is 0.536. The molecule has 1 fully saturated rings. The van der Waals surface area contributed by atoms with Crippen LogP contribution in [0.1, 0.15) is 38.8 Å². The van der Waals surface area contributed by atoms with E-state index in [0.29, 0.717) is 11.2 Å². The summed E-state index contributed by atoms with van der Waals surface area (Å²) in [6.07, 6.45) is 1.31. The maximum atomic E-state index is 12.3. The molecule has 180 valence electrons. The molecule has 0 aromatic heterocycles. The first-order valence-electron chi connectivity index (χ1n) is 11.0. The molecule has 0 aliphatic carbocycles. The normalized spacial score (nSPS) is 16.7. The van der Waals surface area contributed by atoms with E-state index in [9.17, 15) is 9.59 Å². The molecular formula is C25H30BNO7. The average Bonchev–Trinajstić information content (AvgIpc) is 3.02. The molecule has 0 unspecified atom stereocenters. The highest BCUT2D eigenvalue weighted by Gasteiger charge is 2.52. The fourth-order valence-corrected chi connectivity index (χ4v) is 3.16. The number of rotatable bonds is 9. The molecule has 8 nitrogen and oxygen atoms in total. The zero-order valence-electron chi connectivity index (χ0n) is 19.9. The van der Waals surface area contributed by atoms with E-state index in [-0.39, 0.29) is 13.2 Å². The van der Waals surface area contributed by atoms with Crippen molar-refractivity contribution in [2.45, 2.75) is 45.5 Å². The van der Waals surface area contributed by atoms with Gasteiger partial charge in [0.05, 0.1) is 11.2 Å². The second-order valence-electron chi connectivity index (χ2n) is 8.97. The van der Waals surface area contributed by atoms with Crippen LogP contribution in [0, 0.1) is 0 Å². The molecule has 0 bridgehead atoms. The Morgan fingerprint density at radius 2 is 1.62 bits per heavy atom. The zero-order chi connectivity index (χ0) is 24.8. The summed E-state index contributed by atoms with van der Waals surface area (Å²) in [7, 11) is -0.664. The highest BCUT2D eigenvalue weighted by molar-refractivity contribution is 6.56. The molecule has 0 atom stereocenters. The van der Waals surface area contributed by atoms with Crippen LogP contribution in [0.5, 0.6) is 5.75 Å². The first-order valence-corrected chi connectivity index (χ1v) is 11.0. The smallest absolute Gasteiger partial charge is 0.482 e. The second-order valence-corrected chi connectivity index (χ2v) is 8.97. The number of carboxylic acids is 1. The average molecular weight is 467 g/mol. The molecule has 1 amide bonds. The van der Waals surface area contributed by atoms with Gasteiger partial charge >= 0.3 is 19.2 Å². The Hall–Kier alpha value is -3.30. The van der Waals surface area contributed by atoms with Crippen LogP contribution >= 0.6 is 0 Å². The van der Waals surface area contributed by atoms with Crippen LogP contribution < -0.4 is 10.1 Å². The molecule has 2 aromatic rings. The summed E-state index contributed by atoms with van der Waals surface area (Å²) >= 11 is 0. The first kappa shape index (κ1) is 25.3. The number of nitrogens with one attached hydrogen (secondary N) is 1. The van der Waals surface area contributed by atoms with Crippen LogP contribution in [0.2, 0.25) is 0 Å². The Morgan fingerprint density at radius 3 is 2.21 bits per heavy atom. The van der Waals surface area contributed by atoms with Gasteiger partial charge in [0.25, 0.3) is 0 Å². The van der Waals surface area contributed by atoms with Crippen molar-refractivity contribution in [1.82, 2.24) is 5.32 Å². The summed E-state index contributed by atoms with van der Waals surface area (Å²) in [6.45, 7) is 7.74. The molecule has 1 heterocycles. The standard InChI is InChI=1S/C25H30BNO7/c1-24(2)25(3,4)34-26(33-24)20(14-18-10-12-21(13-11-18)31-17-22(28)29)15-27-23(30)32-16-19-8-6-5-7-9-19/h5-14H,15-17H2,1-4H3,(H,27,30)(H,28,29). The first-order chi connectivity index (χ1) is 16.1.